The number of nitrogens with two attached hydrogens (primary N) is 1. The van der Waals surface area contributed by atoms with Crippen LogP contribution in [0.4, 0.5) is 0 Å². The second-order valence-corrected chi connectivity index (χ2v) is 4.59. The van der Waals surface area contributed by atoms with Crippen molar-refractivity contribution >= 4 is 32.9 Å². The van der Waals surface area contributed by atoms with E-state index >= 15 is 0 Å². The zero-order valence-corrected chi connectivity index (χ0v) is 10.7. The average Bonchev–Trinajstić information content (AvgIpc) is 2.33. The molecule has 2 rings (SSSR count). The molecular formula is C13H13BrN2. The molecular weight excluding hydrogens is 264 g/mol. The number of rotatable bonds is 2. The summed E-state index contributed by atoms with van der Waals surface area (Å²) in [5.41, 5.74) is 8.86. The Morgan fingerprint density at radius 3 is 3.00 bits per heavy atom. The minimum absolute atomic E-state index is 0.574. The van der Waals surface area contributed by atoms with Gasteiger partial charge in [-0.1, -0.05) is 39.7 Å². The Bertz CT molecular complexity index is 547. The van der Waals surface area contributed by atoms with Crippen LogP contribution in [0.3, 0.4) is 0 Å². The van der Waals surface area contributed by atoms with Gasteiger partial charge in [-0.2, -0.15) is 0 Å². The number of aromatic nitrogens is 1. The van der Waals surface area contributed by atoms with Gasteiger partial charge in [0.05, 0.1) is 5.52 Å². The Labute approximate surface area is 103 Å². The van der Waals surface area contributed by atoms with Crippen LogP contribution in [0.15, 0.2) is 40.5 Å². The molecule has 0 aliphatic rings. The predicted molar refractivity (Wildman–Crippen MR) is 72.1 cm³/mol. The molecule has 0 unspecified atom stereocenters. The minimum Gasteiger partial charge on any atom is -0.327 e. The van der Waals surface area contributed by atoms with Gasteiger partial charge in [0.25, 0.3) is 0 Å². The number of hydrogen-bond acceptors (Lipinski definition) is 2. The van der Waals surface area contributed by atoms with E-state index in [-0.39, 0.29) is 0 Å². The first kappa shape index (κ1) is 11.3. The summed E-state index contributed by atoms with van der Waals surface area (Å²) in [5, 5.41) is 1.13. The number of benzene rings is 1. The Balaban J connectivity index is 2.68. The third kappa shape index (κ3) is 2.15. The molecule has 0 fully saturated rings. The van der Waals surface area contributed by atoms with Crippen molar-refractivity contribution in [3.63, 3.8) is 0 Å². The molecule has 2 aromatic rings. The predicted octanol–water partition coefficient (Wildman–Crippen LogP) is 3.36. The Morgan fingerprint density at radius 2 is 2.25 bits per heavy atom. The largest absolute Gasteiger partial charge is 0.327 e. The van der Waals surface area contributed by atoms with E-state index in [4.69, 9.17) is 5.73 Å². The van der Waals surface area contributed by atoms with Gasteiger partial charge in [-0.25, -0.2) is 0 Å². The summed E-state index contributed by atoms with van der Waals surface area (Å²) in [7, 11) is 0. The second-order valence-electron chi connectivity index (χ2n) is 3.73. The molecule has 82 valence electrons. The van der Waals surface area contributed by atoms with Gasteiger partial charge in [-0.3, -0.25) is 4.98 Å². The van der Waals surface area contributed by atoms with Crippen LogP contribution in [0.1, 0.15) is 12.5 Å². The van der Waals surface area contributed by atoms with Crippen LogP contribution < -0.4 is 5.73 Å². The Morgan fingerprint density at radius 1 is 1.44 bits per heavy atom. The maximum absolute atomic E-state index is 5.60. The fourth-order valence-corrected chi connectivity index (χ4v) is 2.05. The first-order valence-corrected chi connectivity index (χ1v) is 5.92. The Kier molecular flexibility index (Phi) is 3.36. The van der Waals surface area contributed by atoms with E-state index in [1.165, 1.54) is 0 Å². The lowest BCUT2D eigenvalue weighted by molar-refractivity contribution is 1.15. The van der Waals surface area contributed by atoms with E-state index < -0.39 is 0 Å². The van der Waals surface area contributed by atoms with Gasteiger partial charge in [0, 0.05) is 28.2 Å². The average molecular weight is 277 g/mol. The van der Waals surface area contributed by atoms with Crippen LogP contribution in [0.2, 0.25) is 0 Å². The molecule has 0 bridgehead atoms. The van der Waals surface area contributed by atoms with E-state index in [0.29, 0.717) is 6.54 Å². The molecule has 1 aromatic heterocycles. The third-order valence-corrected chi connectivity index (χ3v) is 3.16. The van der Waals surface area contributed by atoms with Crippen LogP contribution in [0, 0.1) is 0 Å². The summed E-state index contributed by atoms with van der Waals surface area (Å²) >= 11 is 3.53. The van der Waals surface area contributed by atoms with Crippen molar-refractivity contribution in [2.75, 3.05) is 6.54 Å². The molecule has 16 heavy (non-hydrogen) atoms. The molecule has 1 aromatic carbocycles. The molecule has 0 saturated carbocycles. The van der Waals surface area contributed by atoms with Crippen molar-refractivity contribution < 1.29 is 0 Å². The van der Waals surface area contributed by atoms with Crippen molar-refractivity contribution in [2.45, 2.75) is 6.92 Å². The van der Waals surface area contributed by atoms with Gasteiger partial charge in [-0.15, -0.1) is 0 Å². The summed E-state index contributed by atoms with van der Waals surface area (Å²) in [6.07, 6.45) is 3.89. The Hall–Kier alpha value is -1.19. The summed E-state index contributed by atoms with van der Waals surface area (Å²) in [5.74, 6) is 0. The zero-order valence-electron chi connectivity index (χ0n) is 9.07. The first-order chi connectivity index (χ1) is 7.72. The highest BCUT2D eigenvalue weighted by Gasteiger charge is 2.03. The fourth-order valence-electron chi connectivity index (χ4n) is 1.60. The maximum atomic E-state index is 5.60. The summed E-state index contributed by atoms with van der Waals surface area (Å²) in [6, 6.07) is 8.09. The van der Waals surface area contributed by atoms with Crippen LogP contribution in [-0.2, 0) is 0 Å². The fraction of sp³-hybridized carbons (Fsp3) is 0.154. The van der Waals surface area contributed by atoms with E-state index in [1.54, 1.807) is 0 Å². The lowest BCUT2D eigenvalue weighted by Gasteiger charge is -2.04. The smallest absolute Gasteiger partial charge is 0.0785 e. The van der Waals surface area contributed by atoms with E-state index in [0.717, 1.165) is 26.5 Å². The highest BCUT2D eigenvalue weighted by Crippen LogP contribution is 2.26. The maximum Gasteiger partial charge on any atom is 0.0785 e. The third-order valence-electron chi connectivity index (χ3n) is 2.47. The van der Waals surface area contributed by atoms with Gasteiger partial charge < -0.3 is 5.73 Å². The van der Waals surface area contributed by atoms with Crippen LogP contribution >= 0.6 is 15.9 Å². The lowest BCUT2D eigenvalue weighted by atomic mass is 10.1. The molecule has 0 radical (unpaired) electrons. The molecule has 0 spiro atoms. The lowest BCUT2D eigenvalue weighted by Crippen LogP contribution is -1.99. The van der Waals surface area contributed by atoms with E-state index in [9.17, 15) is 0 Å². The van der Waals surface area contributed by atoms with Crippen LogP contribution in [0.5, 0.6) is 0 Å². The van der Waals surface area contributed by atoms with E-state index in [2.05, 4.69) is 39.1 Å². The normalized spacial score (nSPS) is 12.1. The van der Waals surface area contributed by atoms with Crippen molar-refractivity contribution in [3.8, 4) is 0 Å². The molecule has 0 saturated heterocycles. The molecule has 0 aliphatic heterocycles. The van der Waals surface area contributed by atoms with E-state index in [1.807, 2.05) is 25.3 Å². The molecule has 0 atom stereocenters. The highest BCUT2D eigenvalue weighted by atomic mass is 79.9. The number of halogens is 1. The first-order valence-electron chi connectivity index (χ1n) is 5.13. The molecule has 0 aliphatic carbocycles. The van der Waals surface area contributed by atoms with Crippen LogP contribution in [0.25, 0.3) is 17.0 Å². The minimum atomic E-state index is 0.574. The van der Waals surface area contributed by atoms with Gasteiger partial charge in [0.1, 0.15) is 0 Å². The van der Waals surface area contributed by atoms with Gasteiger partial charge in [0.15, 0.2) is 0 Å². The van der Waals surface area contributed by atoms with Crippen LogP contribution in [-0.4, -0.2) is 11.5 Å². The highest BCUT2D eigenvalue weighted by molar-refractivity contribution is 9.10. The quantitative estimate of drug-likeness (QED) is 0.914. The number of fused-ring (bicyclic) bond motifs is 1. The SMILES string of the molecule is C/C(=C/c1ccc(Br)c2cccnc12)CN. The molecule has 2 N–H and O–H groups in total. The molecule has 3 heteroatoms. The monoisotopic (exact) mass is 276 g/mol. The summed E-state index contributed by atoms with van der Waals surface area (Å²) < 4.78 is 1.07. The number of pyridine rings is 1. The molecule has 2 nitrogen and oxygen atoms in total. The van der Waals surface area contributed by atoms with Crippen molar-refractivity contribution in [2.24, 2.45) is 5.73 Å². The van der Waals surface area contributed by atoms with Crippen molar-refractivity contribution in [1.29, 1.82) is 0 Å². The van der Waals surface area contributed by atoms with Gasteiger partial charge >= 0.3 is 0 Å². The zero-order chi connectivity index (χ0) is 11.5. The standard InChI is InChI=1S/C13H13BrN2/c1-9(8-15)7-10-4-5-12(14)11-3-2-6-16-13(10)11/h2-7H,8,15H2,1H3/b9-7-. The summed E-state index contributed by atoms with van der Waals surface area (Å²) in [6.45, 7) is 2.60. The van der Waals surface area contributed by atoms with Gasteiger partial charge in [-0.05, 0) is 19.1 Å². The van der Waals surface area contributed by atoms with Crippen molar-refractivity contribution in [1.82, 2.24) is 4.98 Å². The number of hydrogen-bond donors (Lipinski definition) is 1. The second kappa shape index (κ2) is 4.76. The molecule has 1 heterocycles. The number of nitrogens with zero attached hydrogens (tertiary/aromatic N) is 1. The van der Waals surface area contributed by atoms with Crippen molar-refractivity contribution in [3.05, 3.63) is 46.1 Å². The topological polar surface area (TPSA) is 38.9 Å². The van der Waals surface area contributed by atoms with Gasteiger partial charge in [0.2, 0.25) is 0 Å². The summed E-state index contributed by atoms with van der Waals surface area (Å²) in [4.78, 5) is 4.41. The molecule has 0 amide bonds.